The molecule has 0 fully saturated rings. The van der Waals surface area contributed by atoms with Crippen molar-refractivity contribution < 1.29 is 23.0 Å². The summed E-state index contributed by atoms with van der Waals surface area (Å²) in [6.45, 7) is 6.98. The van der Waals surface area contributed by atoms with E-state index in [0.29, 0.717) is 30.9 Å². The zero-order valence-electron chi connectivity index (χ0n) is 17.3. The average molecular weight is 531 g/mol. The predicted octanol–water partition coefficient (Wildman–Crippen LogP) is 4.35. The minimum atomic E-state index is -4.35. The zero-order valence-corrected chi connectivity index (χ0v) is 19.6. The van der Waals surface area contributed by atoms with Crippen molar-refractivity contribution in [3.8, 4) is 5.75 Å². The van der Waals surface area contributed by atoms with Crippen LogP contribution in [0.5, 0.6) is 5.75 Å². The maximum atomic E-state index is 12.2. The zero-order chi connectivity index (χ0) is 21.0. The molecule has 1 rings (SSSR count). The summed E-state index contributed by atoms with van der Waals surface area (Å²) < 4.78 is 41.2. The SMILES string of the molecule is CCNC(=NCc1ccc(OCC(F)(F)F)cc1)NCC(CCO)CC(C)C.I. The molecule has 3 N–H and O–H groups in total. The van der Waals surface area contributed by atoms with Gasteiger partial charge in [-0.1, -0.05) is 26.0 Å². The number of halogens is 4. The smallest absolute Gasteiger partial charge is 0.422 e. The monoisotopic (exact) mass is 531 g/mol. The fourth-order valence-electron chi connectivity index (χ4n) is 2.76. The van der Waals surface area contributed by atoms with Gasteiger partial charge in [-0.05, 0) is 49.3 Å². The number of rotatable bonds is 11. The van der Waals surface area contributed by atoms with Gasteiger partial charge in [0.2, 0.25) is 0 Å². The predicted molar refractivity (Wildman–Crippen MR) is 121 cm³/mol. The fraction of sp³-hybridized carbons (Fsp3) is 0.650. The van der Waals surface area contributed by atoms with Crippen LogP contribution in [0.15, 0.2) is 29.3 Å². The molecule has 1 aromatic carbocycles. The van der Waals surface area contributed by atoms with Crippen LogP contribution < -0.4 is 15.4 Å². The number of nitrogens with zero attached hydrogens (tertiary/aromatic N) is 1. The molecule has 29 heavy (non-hydrogen) atoms. The first-order valence-corrected chi connectivity index (χ1v) is 9.65. The lowest BCUT2D eigenvalue weighted by atomic mass is 9.94. The van der Waals surface area contributed by atoms with Gasteiger partial charge in [-0.2, -0.15) is 13.2 Å². The Morgan fingerprint density at radius 1 is 1.17 bits per heavy atom. The summed E-state index contributed by atoms with van der Waals surface area (Å²) in [7, 11) is 0. The van der Waals surface area contributed by atoms with Crippen LogP contribution in [0, 0.1) is 11.8 Å². The second-order valence-electron chi connectivity index (χ2n) is 7.13. The molecule has 0 saturated carbocycles. The Hall–Kier alpha value is -1.23. The van der Waals surface area contributed by atoms with Crippen LogP contribution in [0.25, 0.3) is 0 Å². The van der Waals surface area contributed by atoms with Gasteiger partial charge in [0.1, 0.15) is 5.75 Å². The fourth-order valence-corrected chi connectivity index (χ4v) is 2.76. The Bertz CT molecular complexity index is 581. The van der Waals surface area contributed by atoms with E-state index in [4.69, 9.17) is 4.74 Å². The summed E-state index contributed by atoms with van der Waals surface area (Å²) in [6.07, 6.45) is -2.59. The highest BCUT2D eigenvalue weighted by Crippen LogP contribution is 2.19. The Labute approximate surface area is 188 Å². The van der Waals surface area contributed by atoms with Gasteiger partial charge in [-0.25, -0.2) is 4.99 Å². The molecule has 0 aliphatic carbocycles. The number of guanidine groups is 1. The molecule has 0 aliphatic heterocycles. The van der Waals surface area contributed by atoms with Gasteiger partial charge in [0.15, 0.2) is 12.6 Å². The Balaban J connectivity index is 0.00000784. The minimum absolute atomic E-state index is 0. The van der Waals surface area contributed by atoms with E-state index in [1.54, 1.807) is 12.1 Å². The standard InChI is InChI=1S/C20H32F3N3O2.HI/c1-4-24-19(26-13-17(9-10-27)11-15(2)3)25-12-16-5-7-18(8-6-16)28-14-20(21,22)23;/h5-8,15,17,27H,4,9-14H2,1-3H3,(H2,24,25,26);1H. The number of aliphatic hydroxyl groups excluding tert-OH is 1. The highest BCUT2D eigenvalue weighted by Gasteiger charge is 2.28. The topological polar surface area (TPSA) is 65.9 Å². The van der Waals surface area contributed by atoms with E-state index in [2.05, 4.69) is 29.5 Å². The van der Waals surface area contributed by atoms with Crippen molar-refractivity contribution >= 4 is 29.9 Å². The number of benzene rings is 1. The molecule has 0 amide bonds. The van der Waals surface area contributed by atoms with Crippen molar-refractivity contribution in [2.75, 3.05) is 26.3 Å². The van der Waals surface area contributed by atoms with Crippen LogP contribution in [0.3, 0.4) is 0 Å². The van der Waals surface area contributed by atoms with E-state index in [0.717, 1.165) is 24.9 Å². The summed E-state index contributed by atoms with van der Waals surface area (Å²) in [5.74, 6) is 1.76. The van der Waals surface area contributed by atoms with Crippen LogP contribution >= 0.6 is 24.0 Å². The Morgan fingerprint density at radius 3 is 2.34 bits per heavy atom. The van der Waals surface area contributed by atoms with Gasteiger partial charge in [-0.15, -0.1) is 24.0 Å². The molecule has 1 unspecified atom stereocenters. The lowest BCUT2D eigenvalue weighted by Crippen LogP contribution is -2.40. The van der Waals surface area contributed by atoms with Gasteiger partial charge >= 0.3 is 6.18 Å². The first-order valence-electron chi connectivity index (χ1n) is 9.65. The van der Waals surface area contributed by atoms with Crippen LogP contribution in [-0.2, 0) is 6.54 Å². The Morgan fingerprint density at radius 2 is 1.83 bits per heavy atom. The van der Waals surface area contributed by atoms with Gasteiger partial charge in [-0.3, -0.25) is 0 Å². The van der Waals surface area contributed by atoms with Crippen LogP contribution in [-0.4, -0.2) is 43.5 Å². The highest BCUT2D eigenvalue weighted by atomic mass is 127. The molecule has 168 valence electrons. The largest absolute Gasteiger partial charge is 0.484 e. The molecule has 0 radical (unpaired) electrons. The van der Waals surface area contributed by atoms with E-state index in [1.807, 2.05) is 6.92 Å². The summed E-state index contributed by atoms with van der Waals surface area (Å²) in [4.78, 5) is 4.52. The van der Waals surface area contributed by atoms with Crippen LogP contribution in [0.2, 0.25) is 0 Å². The maximum absolute atomic E-state index is 12.2. The molecule has 0 aliphatic rings. The van der Waals surface area contributed by atoms with Crippen molar-refractivity contribution in [2.24, 2.45) is 16.8 Å². The lowest BCUT2D eigenvalue weighted by Gasteiger charge is -2.20. The van der Waals surface area contributed by atoms with E-state index in [-0.39, 0.29) is 36.3 Å². The quantitative estimate of drug-likeness (QED) is 0.226. The van der Waals surface area contributed by atoms with Gasteiger partial charge in [0.25, 0.3) is 0 Å². The summed E-state index contributed by atoms with van der Waals surface area (Å²) in [5, 5.41) is 15.7. The third-order valence-electron chi connectivity index (χ3n) is 3.99. The van der Waals surface area contributed by atoms with E-state index < -0.39 is 12.8 Å². The van der Waals surface area contributed by atoms with Crippen molar-refractivity contribution in [2.45, 2.75) is 46.3 Å². The van der Waals surface area contributed by atoms with Crippen molar-refractivity contribution in [1.29, 1.82) is 0 Å². The number of hydrogen-bond acceptors (Lipinski definition) is 3. The molecule has 1 atom stereocenters. The lowest BCUT2D eigenvalue weighted by molar-refractivity contribution is -0.153. The maximum Gasteiger partial charge on any atom is 0.422 e. The number of aliphatic hydroxyl groups is 1. The van der Waals surface area contributed by atoms with Crippen molar-refractivity contribution in [1.82, 2.24) is 10.6 Å². The van der Waals surface area contributed by atoms with Gasteiger partial charge < -0.3 is 20.5 Å². The first kappa shape index (κ1) is 27.8. The second kappa shape index (κ2) is 14.7. The summed E-state index contributed by atoms with van der Waals surface area (Å²) in [6, 6.07) is 6.42. The minimum Gasteiger partial charge on any atom is -0.484 e. The van der Waals surface area contributed by atoms with Crippen molar-refractivity contribution in [3.63, 3.8) is 0 Å². The molecule has 0 aromatic heterocycles. The van der Waals surface area contributed by atoms with Gasteiger partial charge in [0.05, 0.1) is 6.54 Å². The number of nitrogens with one attached hydrogen (secondary N) is 2. The number of alkyl halides is 3. The second-order valence-corrected chi connectivity index (χ2v) is 7.13. The van der Waals surface area contributed by atoms with E-state index >= 15 is 0 Å². The third-order valence-corrected chi connectivity index (χ3v) is 3.99. The summed E-state index contributed by atoms with van der Waals surface area (Å²) >= 11 is 0. The number of hydrogen-bond donors (Lipinski definition) is 3. The molecule has 5 nitrogen and oxygen atoms in total. The molecule has 1 aromatic rings. The molecule has 0 saturated heterocycles. The van der Waals surface area contributed by atoms with Crippen molar-refractivity contribution in [3.05, 3.63) is 29.8 Å². The Kier molecular flexibility index (Phi) is 14.1. The van der Waals surface area contributed by atoms with Crippen LogP contribution in [0.1, 0.15) is 39.2 Å². The molecule has 9 heteroatoms. The molecule has 0 bridgehead atoms. The molecule has 0 heterocycles. The molecule has 0 spiro atoms. The van der Waals surface area contributed by atoms with Gasteiger partial charge in [0, 0.05) is 19.7 Å². The molecular formula is C20H33F3IN3O2. The first-order chi connectivity index (χ1) is 13.2. The number of ether oxygens (including phenoxy) is 1. The highest BCUT2D eigenvalue weighted by molar-refractivity contribution is 14.0. The third kappa shape index (κ3) is 13.6. The van der Waals surface area contributed by atoms with E-state index in [1.165, 1.54) is 12.1 Å². The van der Waals surface area contributed by atoms with Crippen LogP contribution in [0.4, 0.5) is 13.2 Å². The number of aliphatic imine (C=N–C) groups is 1. The summed E-state index contributed by atoms with van der Waals surface area (Å²) in [5.41, 5.74) is 0.866. The average Bonchev–Trinajstić information content (AvgIpc) is 2.62. The van der Waals surface area contributed by atoms with E-state index in [9.17, 15) is 18.3 Å². The molecular weight excluding hydrogens is 498 g/mol. The normalized spacial score (nSPS) is 13.0.